The highest BCUT2D eigenvalue weighted by Crippen LogP contribution is 2.27. The number of aliphatic hydroxyl groups excluding tert-OH is 2. The summed E-state index contributed by atoms with van der Waals surface area (Å²) in [5, 5.41) is 13.9. The van der Waals surface area contributed by atoms with Crippen LogP contribution in [0.4, 0.5) is 0 Å². The molecule has 2 rings (SSSR count). The molecule has 1 aliphatic rings. The number of aromatic amines is 1. The third kappa shape index (κ3) is 2.17. The van der Waals surface area contributed by atoms with Crippen LogP contribution < -0.4 is 11.2 Å². The van der Waals surface area contributed by atoms with Gasteiger partial charge in [-0.3, -0.25) is 14.3 Å². The summed E-state index contributed by atoms with van der Waals surface area (Å²) in [5.41, 5.74) is -0.649. The van der Waals surface area contributed by atoms with E-state index >= 15 is 0 Å². The van der Waals surface area contributed by atoms with E-state index in [0.717, 1.165) is 0 Å². The molecule has 1 fully saturated rings. The lowest BCUT2D eigenvalue weighted by atomic mass is 10.2. The number of hydrogen-bond donors (Lipinski definition) is 3. The topological polar surface area (TPSA) is 105 Å². The van der Waals surface area contributed by atoms with Gasteiger partial charge in [0.15, 0.2) is 0 Å². The van der Waals surface area contributed by atoms with Gasteiger partial charge in [0.1, 0.15) is 12.3 Å². The van der Waals surface area contributed by atoms with E-state index in [1.807, 2.05) is 0 Å². The Morgan fingerprint density at radius 1 is 1.71 bits per heavy atom. The van der Waals surface area contributed by atoms with Gasteiger partial charge < -0.3 is 15.0 Å². The standard InChI is InChI=1S/C10H14N2O5/c1-5-3-12(10(16)11-9(5)15)8-2-6(14)7(4-13)17-8/h3,6-8,13-14H,2,4H2,1H3,(H,11,15,16)/t6?,7-,8-/m1/s1/i13D. The van der Waals surface area contributed by atoms with Crippen molar-refractivity contribution in [3.8, 4) is 0 Å². The largest absolute Gasteiger partial charge is 0.394 e. The van der Waals surface area contributed by atoms with Gasteiger partial charge in [-0.15, -0.1) is 0 Å². The number of nitrogens with zero attached hydrogens (tertiary/aromatic N) is 1. The fraction of sp³-hybridized carbons (Fsp3) is 0.600. The monoisotopic (exact) mass is 243 g/mol. The summed E-state index contributed by atoms with van der Waals surface area (Å²) < 4.78 is 13.3. The second-order valence-corrected chi connectivity index (χ2v) is 4.08. The Morgan fingerprint density at radius 2 is 2.47 bits per heavy atom. The predicted octanol–water partition coefficient (Wildman–Crippen LogP) is -1.51. The smallest absolute Gasteiger partial charge is 0.330 e. The molecule has 1 aromatic heterocycles. The van der Waals surface area contributed by atoms with Crippen molar-refractivity contribution in [2.75, 3.05) is 6.61 Å². The van der Waals surface area contributed by atoms with Crippen LogP contribution in [0.25, 0.3) is 0 Å². The van der Waals surface area contributed by atoms with Crippen molar-refractivity contribution in [2.24, 2.45) is 0 Å². The minimum absolute atomic E-state index is 0.0747. The van der Waals surface area contributed by atoms with Crippen LogP contribution in [-0.4, -0.2) is 40.0 Å². The first-order chi connectivity index (χ1) is 8.52. The fourth-order valence-corrected chi connectivity index (χ4v) is 1.84. The molecule has 2 heterocycles. The van der Waals surface area contributed by atoms with Crippen molar-refractivity contribution < 1.29 is 15.0 Å². The zero-order chi connectivity index (χ0) is 13.3. The highest BCUT2D eigenvalue weighted by atomic mass is 16.5. The van der Waals surface area contributed by atoms with E-state index < -0.39 is 29.7 Å². The Bertz CT molecular complexity index is 540. The highest BCUT2D eigenvalue weighted by Gasteiger charge is 2.34. The Kier molecular flexibility index (Phi) is 2.79. The third-order valence-corrected chi connectivity index (χ3v) is 2.82. The van der Waals surface area contributed by atoms with Gasteiger partial charge in [0.05, 0.1) is 12.7 Å². The summed E-state index contributed by atoms with van der Waals surface area (Å²) in [5.74, 6) is 0. The van der Waals surface area contributed by atoms with Crippen LogP contribution in [0.1, 0.15) is 18.2 Å². The Hall–Kier alpha value is -1.44. The molecular formula is C10H14N2O5. The quantitative estimate of drug-likeness (QED) is 0.598. The van der Waals surface area contributed by atoms with Crippen molar-refractivity contribution in [1.82, 2.24) is 9.55 Å². The van der Waals surface area contributed by atoms with E-state index in [1.54, 1.807) is 6.92 Å². The van der Waals surface area contributed by atoms with Gasteiger partial charge in [0, 0.05) is 18.2 Å². The number of rotatable bonds is 3. The number of hydrogen-bond acceptors (Lipinski definition) is 5. The van der Waals surface area contributed by atoms with Gasteiger partial charge in [0.25, 0.3) is 5.56 Å². The summed E-state index contributed by atoms with van der Waals surface area (Å²) >= 11 is 0. The maximum Gasteiger partial charge on any atom is 0.330 e. The van der Waals surface area contributed by atoms with Crippen molar-refractivity contribution in [3.05, 3.63) is 32.6 Å². The summed E-state index contributed by atoms with van der Waals surface area (Å²) in [6.07, 6.45) is -0.517. The van der Waals surface area contributed by atoms with Crippen molar-refractivity contribution in [3.63, 3.8) is 0 Å². The predicted molar refractivity (Wildman–Crippen MR) is 57.7 cm³/mol. The van der Waals surface area contributed by atoms with Crippen LogP contribution >= 0.6 is 0 Å². The lowest BCUT2D eigenvalue weighted by Gasteiger charge is -2.14. The van der Waals surface area contributed by atoms with E-state index in [9.17, 15) is 14.7 Å². The lowest BCUT2D eigenvalue weighted by Crippen LogP contribution is -2.33. The molecule has 0 saturated carbocycles. The Labute approximate surface area is 97.8 Å². The minimum atomic E-state index is -0.806. The van der Waals surface area contributed by atoms with Gasteiger partial charge in [-0.05, 0) is 6.92 Å². The maximum atomic E-state index is 11.6. The maximum absolute atomic E-state index is 11.6. The molecule has 1 unspecified atom stereocenters. The van der Waals surface area contributed by atoms with Crippen LogP contribution in [0.2, 0.25) is 0 Å². The number of H-pyrrole nitrogens is 1. The van der Waals surface area contributed by atoms with E-state index in [1.165, 1.54) is 10.8 Å². The number of aryl methyl sites for hydroxylation is 1. The van der Waals surface area contributed by atoms with Crippen LogP contribution in [0.5, 0.6) is 0 Å². The molecule has 3 atom stereocenters. The molecule has 0 radical (unpaired) electrons. The molecule has 0 aliphatic carbocycles. The molecule has 7 heteroatoms. The molecule has 0 spiro atoms. The Balaban J connectivity index is 2.26. The SMILES string of the molecule is [2H]OC[C@H]1O[C@@H](n2cc(C)c(=O)[nH]c2=O)CC1O. The molecule has 3 N–H and O–H groups in total. The van der Waals surface area contributed by atoms with Crippen molar-refractivity contribution in [1.29, 1.82) is 1.43 Å². The Morgan fingerprint density at radius 3 is 3.18 bits per heavy atom. The van der Waals surface area contributed by atoms with Crippen molar-refractivity contribution in [2.45, 2.75) is 31.8 Å². The first kappa shape index (κ1) is 10.7. The molecule has 1 aliphatic heterocycles. The van der Waals surface area contributed by atoms with Crippen molar-refractivity contribution >= 4 is 0 Å². The molecule has 94 valence electrons. The van der Waals surface area contributed by atoms with E-state index in [0.29, 0.717) is 5.56 Å². The van der Waals surface area contributed by atoms with Crippen LogP contribution in [0.3, 0.4) is 0 Å². The molecule has 1 saturated heterocycles. The normalized spacial score (nSPS) is 29.3. The van der Waals surface area contributed by atoms with Gasteiger partial charge in [-0.1, -0.05) is 0 Å². The molecule has 1 aromatic rings. The average molecular weight is 243 g/mol. The zero-order valence-corrected chi connectivity index (χ0v) is 9.25. The van der Waals surface area contributed by atoms with Gasteiger partial charge in [0.2, 0.25) is 1.43 Å². The third-order valence-electron chi connectivity index (χ3n) is 2.82. The van der Waals surface area contributed by atoms with E-state index in [4.69, 9.17) is 6.17 Å². The number of aromatic nitrogens is 2. The van der Waals surface area contributed by atoms with Crippen LogP contribution in [-0.2, 0) is 4.74 Å². The molecule has 0 bridgehead atoms. The second-order valence-electron chi connectivity index (χ2n) is 4.08. The first-order valence-electron chi connectivity index (χ1n) is 5.67. The fourth-order valence-electron chi connectivity index (χ4n) is 1.84. The van der Waals surface area contributed by atoms with Gasteiger partial charge in [-0.25, -0.2) is 4.79 Å². The average Bonchev–Trinajstić information content (AvgIpc) is 2.66. The van der Waals surface area contributed by atoms with Crippen LogP contribution in [0.15, 0.2) is 15.8 Å². The number of aliphatic hydroxyl groups is 2. The van der Waals surface area contributed by atoms with E-state index in [2.05, 4.69) is 10.1 Å². The summed E-state index contributed by atoms with van der Waals surface area (Å²) in [6.45, 7) is 1.50. The molecule has 0 amide bonds. The summed E-state index contributed by atoms with van der Waals surface area (Å²) in [4.78, 5) is 25.0. The van der Waals surface area contributed by atoms with E-state index in [-0.39, 0.29) is 13.0 Å². The second kappa shape index (κ2) is 4.44. The minimum Gasteiger partial charge on any atom is -0.394 e. The van der Waals surface area contributed by atoms with Gasteiger partial charge in [-0.2, -0.15) is 0 Å². The summed E-state index contributed by atoms with van der Waals surface area (Å²) in [6, 6.07) is 0. The zero-order valence-electron chi connectivity index (χ0n) is 10.3. The number of ether oxygens (including phenoxy) is 1. The molecule has 0 aromatic carbocycles. The lowest BCUT2D eigenvalue weighted by molar-refractivity contribution is -0.0459. The van der Waals surface area contributed by atoms with Crippen LogP contribution in [0, 0.1) is 6.92 Å². The molecule has 17 heavy (non-hydrogen) atoms. The number of nitrogens with one attached hydrogen (secondary N) is 1. The van der Waals surface area contributed by atoms with Gasteiger partial charge >= 0.3 is 5.69 Å². The molecular weight excluding hydrogens is 228 g/mol. The highest BCUT2D eigenvalue weighted by molar-refractivity contribution is 5.02. The summed E-state index contributed by atoms with van der Waals surface area (Å²) in [7, 11) is 0. The first-order valence-corrected chi connectivity index (χ1v) is 5.26. The molecule has 7 nitrogen and oxygen atoms in total.